The van der Waals surface area contributed by atoms with Gasteiger partial charge in [0.25, 0.3) is 0 Å². The summed E-state index contributed by atoms with van der Waals surface area (Å²) in [7, 11) is 2.60. The molecule has 4 aliphatic rings. The lowest BCUT2D eigenvalue weighted by atomic mass is 9.90. The number of H-pyrrole nitrogens is 2. The SMILES string of the molecule is COC(=O)N[C@H](C(=O)N1[C@H](C)[C@H](C)C[C@H]1c1ncc(C#Cc2ccc3cc(-c4cnc([C@@H]5C[C@H]6C[C@H]6N5C(=O)[C@@H](NC(=O)OC)C5CCOCC5)[nH]4)ccc3c2)[nH]1)C(C)C. The molecule has 8 rings (SSSR count). The average molecular weight is 819 g/mol. The van der Waals surface area contributed by atoms with E-state index in [1.165, 1.54) is 14.2 Å². The van der Waals surface area contributed by atoms with E-state index in [1.807, 2.05) is 55.0 Å². The number of nitrogens with one attached hydrogen (secondary N) is 4. The summed E-state index contributed by atoms with van der Waals surface area (Å²) in [4.78, 5) is 72.6. The number of hydrogen-bond donors (Lipinski definition) is 4. The lowest BCUT2D eigenvalue weighted by Crippen LogP contribution is -2.54. The minimum atomic E-state index is -0.729. The van der Waals surface area contributed by atoms with Crippen LogP contribution in [-0.4, -0.2) is 105 Å². The Hall–Kier alpha value is -5.88. The normalized spacial score (nSPS) is 24.6. The number of piperidine rings is 1. The van der Waals surface area contributed by atoms with Crippen LogP contribution in [0.1, 0.15) is 94.8 Å². The van der Waals surface area contributed by atoms with Crippen molar-refractivity contribution in [2.75, 3.05) is 27.4 Å². The van der Waals surface area contributed by atoms with Crippen molar-refractivity contribution in [3.05, 3.63) is 71.7 Å². The maximum Gasteiger partial charge on any atom is 0.407 e. The second-order valence-electron chi connectivity index (χ2n) is 17.1. The summed E-state index contributed by atoms with van der Waals surface area (Å²) in [5.41, 5.74) is 3.32. The molecule has 0 radical (unpaired) electrons. The second kappa shape index (κ2) is 17.0. The van der Waals surface area contributed by atoms with Crippen LogP contribution in [-0.2, 0) is 23.8 Å². The zero-order valence-electron chi connectivity index (χ0n) is 35.0. The molecule has 15 nitrogen and oxygen atoms in total. The first-order chi connectivity index (χ1) is 28.9. The number of benzene rings is 2. The van der Waals surface area contributed by atoms with Gasteiger partial charge in [0.05, 0.1) is 44.4 Å². The van der Waals surface area contributed by atoms with E-state index in [4.69, 9.17) is 19.2 Å². The molecule has 4 N–H and O–H groups in total. The Bertz CT molecular complexity index is 2320. The van der Waals surface area contributed by atoms with Gasteiger partial charge in [0.2, 0.25) is 11.8 Å². The highest BCUT2D eigenvalue weighted by atomic mass is 16.5. The molecule has 2 aromatic carbocycles. The van der Waals surface area contributed by atoms with Crippen LogP contribution in [0.5, 0.6) is 0 Å². The van der Waals surface area contributed by atoms with Crippen LogP contribution in [0.3, 0.4) is 0 Å². The van der Waals surface area contributed by atoms with Gasteiger partial charge in [-0.3, -0.25) is 9.59 Å². The molecule has 316 valence electrons. The Morgan fingerprint density at radius 2 is 1.50 bits per heavy atom. The standard InChI is InChI=1S/C45H54N8O7/c1-24(2)38(50-44(56)58-5)42(54)52-26(4)25(3)17-36(52)40-46-22-33(48-40)12-8-27-7-9-30-19-31(11-10-29(30)18-27)34-23-47-41(49-34)37-21-32-20-35(32)53(37)43(55)39(51-45(57)59-6)28-13-15-60-16-14-28/h7,9-11,18-19,22-26,28,32,35-39H,13-17,20-21H2,1-6H3,(H,46,48)(H,47,49)(H,50,56)(H,51,57)/t25-,26-,32-,35-,36+,37+,38+,39+/m1/s1. The van der Waals surface area contributed by atoms with E-state index in [2.05, 4.69) is 62.5 Å². The van der Waals surface area contributed by atoms with E-state index in [1.54, 1.807) is 6.20 Å². The third-order valence-electron chi connectivity index (χ3n) is 13.0. The maximum absolute atomic E-state index is 14.2. The van der Waals surface area contributed by atoms with Gasteiger partial charge in [-0.05, 0) is 97.6 Å². The highest BCUT2D eigenvalue weighted by Crippen LogP contribution is 2.53. The van der Waals surface area contributed by atoms with E-state index in [0.717, 1.165) is 52.7 Å². The van der Waals surface area contributed by atoms with E-state index in [-0.39, 0.29) is 53.7 Å². The first-order valence-electron chi connectivity index (χ1n) is 21.0. The predicted octanol–water partition coefficient (Wildman–Crippen LogP) is 5.84. The van der Waals surface area contributed by atoms with Crippen molar-refractivity contribution in [2.45, 2.75) is 96.1 Å². The Kier molecular flexibility index (Phi) is 11.6. The second-order valence-corrected chi connectivity index (χ2v) is 17.1. The fourth-order valence-corrected chi connectivity index (χ4v) is 9.33. The van der Waals surface area contributed by atoms with Gasteiger partial charge in [0.1, 0.15) is 29.4 Å². The van der Waals surface area contributed by atoms with Crippen molar-refractivity contribution in [2.24, 2.45) is 23.7 Å². The van der Waals surface area contributed by atoms with Crippen LogP contribution in [0.2, 0.25) is 0 Å². The molecule has 4 aromatic rings. The fraction of sp³-hybridized carbons (Fsp3) is 0.511. The molecule has 1 saturated carbocycles. The molecule has 5 heterocycles. The zero-order valence-corrected chi connectivity index (χ0v) is 35.0. The third-order valence-corrected chi connectivity index (χ3v) is 13.0. The van der Waals surface area contributed by atoms with Crippen molar-refractivity contribution in [3.63, 3.8) is 0 Å². The van der Waals surface area contributed by atoms with Crippen LogP contribution >= 0.6 is 0 Å². The Balaban J connectivity index is 0.958. The molecular weight excluding hydrogens is 765 g/mol. The van der Waals surface area contributed by atoms with Gasteiger partial charge in [-0.15, -0.1) is 0 Å². The van der Waals surface area contributed by atoms with E-state index < -0.39 is 24.3 Å². The number of nitrogens with zero attached hydrogens (tertiary/aromatic N) is 4. The highest BCUT2D eigenvalue weighted by Gasteiger charge is 2.56. The number of carbonyl (C=O) groups excluding carboxylic acids is 4. The van der Waals surface area contributed by atoms with E-state index >= 15 is 0 Å². The molecule has 4 fully saturated rings. The molecule has 8 atom stereocenters. The van der Waals surface area contributed by atoms with Gasteiger partial charge in [0.15, 0.2) is 0 Å². The minimum Gasteiger partial charge on any atom is -0.453 e. The molecule has 60 heavy (non-hydrogen) atoms. The molecule has 1 aliphatic carbocycles. The average Bonchev–Trinajstić information content (AvgIpc) is 3.67. The number of carbonyl (C=O) groups is 4. The first-order valence-corrected chi connectivity index (χ1v) is 21.0. The number of methoxy groups -OCH3 is 2. The van der Waals surface area contributed by atoms with Gasteiger partial charge >= 0.3 is 12.2 Å². The van der Waals surface area contributed by atoms with Gasteiger partial charge in [-0.1, -0.05) is 44.9 Å². The molecule has 0 spiro atoms. The van der Waals surface area contributed by atoms with Gasteiger partial charge in [-0.2, -0.15) is 0 Å². The number of imidazole rings is 2. The summed E-state index contributed by atoms with van der Waals surface area (Å²) >= 11 is 0. The van der Waals surface area contributed by atoms with E-state index in [9.17, 15) is 19.2 Å². The third kappa shape index (κ3) is 8.17. The van der Waals surface area contributed by atoms with Crippen molar-refractivity contribution < 1.29 is 33.4 Å². The van der Waals surface area contributed by atoms with E-state index in [0.29, 0.717) is 43.5 Å². The number of likely N-dealkylation sites (tertiary alicyclic amines) is 2. The largest absolute Gasteiger partial charge is 0.453 e. The summed E-state index contributed by atoms with van der Waals surface area (Å²) in [5, 5.41) is 7.64. The summed E-state index contributed by atoms with van der Waals surface area (Å²) in [6.45, 7) is 9.07. The van der Waals surface area contributed by atoms with Crippen LogP contribution in [0.25, 0.3) is 22.0 Å². The molecule has 3 aliphatic heterocycles. The number of amides is 4. The molecule has 15 heteroatoms. The predicted molar refractivity (Wildman–Crippen MR) is 222 cm³/mol. The van der Waals surface area contributed by atoms with Crippen LogP contribution in [0, 0.1) is 35.5 Å². The summed E-state index contributed by atoms with van der Waals surface area (Å²) in [5.74, 6) is 8.14. The lowest BCUT2D eigenvalue weighted by molar-refractivity contribution is -0.138. The summed E-state index contributed by atoms with van der Waals surface area (Å²) in [6.07, 6.45) is 6.20. The number of aromatic amines is 2. The molecule has 4 amide bonds. The maximum atomic E-state index is 14.2. The number of alkyl carbamates (subject to hydrolysis) is 2. The van der Waals surface area contributed by atoms with Gasteiger partial charge in [0, 0.05) is 36.4 Å². The van der Waals surface area contributed by atoms with Crippen LogP contribution in [0.15, 0.2) is 48.8 Å². The highest BCUT2D eigenvalue weighted by molar-refractivity contribution is 5.89. The molecule has 3 saturated heterocycles. The van der Waals surface area contributed by atoms with Crippen molar-refractivity contribution in [1.29, 1.82) is 0 Å². The van der Waals surface area contributed by atoms with Crippen molar-refractivity contribution in [1.82, 2.24) is 40.4 Å². The van der Waals surface area contributed by atoms with Gasteiger partial charge < -0.3 is 44.6 Å². The lowest BCUT2D eigenvalue weighted by Gasteiger charge is -2.35. The smallest absolute Gasteiger partial charge is 0.407 e. The van der Waals surface area contributed by atoms with Crippen LogP contribution in [0.4, 0.5) is 9.59 Å². The number of aromatic nitrogens is 4. The quantitative estimate of drug-likeness (QED) is 0.151. The first kappa shape index (κ1) is 40.9. The Labute approximate surface area is 349 Å². The van der Waals surface area contributed by atoms with Gasteiger partial charge in [-0.25, -0.2) is 19.6 Å². The van der Waals surface area contributed by atoms with Crippen molar-refractivity contribution in [3.8, 4) is 23.1 Å². The molecule has 2 aromatic heterocycles. The monoisotopic (exact) mass is 818 g/mol. The number of fused-ring (bicyclic) bond motifs is 2. The summed E-state index contributed by atoms with van der Waals surface area (Å²) in [6, 6.07) is 10.5. The minimum absolute atomic E-state index is 0.0270. The van der Waals surface area contributed by atoms with Crippen molar-refractivity contribution >= 4 is 34.8 Å². The molecular formula is C45H54N8O7. The van der Waals surface area contributed by atoms with Crippen LogP contribution < -0.4 is 10.6 Å². The number of rotatable bonds is 9. The number of ether oxygens (including phenoxy) is 3. The topological polar surface area (TPSA) is 184 Å². The zero-order chi connectivity index (χ0) is 42.2. The Morgan fingerprint density at radius 3 is 2.25 bits per heavy atom. The fourth-order valence-electron chi connectivity index (χ4n) is 9.33. The number of hydrogen-bond acceptors (Lipinski definition) is 9. The summed E-state index contributed by atoms with van der Waals surface area (Å²) < 4.78 is 15.2. The Morgan fingerprint density at radius 1 is 0.817 bits per heavy atom. The molecule has 0 unspecified atom stereocenters. The molecule has 0 bridgehead atoms.